The van der Waals surface area contributed by atoms with E-state index in [1.807, 2.05) is 0 Å². The summed E-state index contributed by atoms with van der Waals surface area (Å²) in [5.41, 5.74) is 15.3. The third-order valence-electron chi connectivity index (χ3n) is 9.87. The number of fused-ring (bicyclic) bond motifs is 6. The van der Waals surface area contributed by atoms with E-state index in [2.05, 4.69) is 96.7 Å². The fourth-order valence-electron chi connectivity index (χ4n) is 7.47. The fraction of sp³-hybridized carbons (Fsp3) is 0.429. The lowest BCUT2D eigenvalue weighted by Gasteiger charge is -2.09. The molecule has 0 bridgehead atoms. The zero-order valence-electron chi connectivity index (χ0n) is 26.2. The number of thioether (sulfide) groups is 1. The number of benzene rings is 4. The highest BCUT2D eigenvalue weighted by atomic mass is 32.2. The first-order chi connectivity index (χ1) is 21.4. The molecule has 0 spiro atoms. The van der Waals surface area contributed by atoms with Crippen LogP contribution in [0.2, 0.25) is 0 Å². The lowest BCUT2D eigenvalue weighted by molar-refractivity contribution is 0.606. The summed E-state index contributed by atoms with van der Waals surface area (Å²) in [6.07, 6.45) is 21.5. The van der Waals surface area contributed by atoms with E-state index in [1.54, 1.807) is 22.3 Å². The Kier molecular flexibility index (Phi) is 11.1. The van der Waals surface area contributed by atoms with Gasteiger partial charge >= 0.3 is 0 Å². The van der Waals surface area contributed by atoms with Gasteiger partial charge < -0.3 is 0 Å². The van der Waals surface area contributed by atoms with Crippen molar-refractivity contribution >= 4 is 11.8 Å². The van der Waals surface area contributed by atoms with Crippen LogP contribution in [0.25, 0.3) is 22.3 Å². The second-order valence-corrected chi connectivity index (χ2v) is 14.1. The molecule has 0 fully saturated rings. The van der Waals surface area contributed by atoms with Gasteiger partial charge in [0, 0.05) is 0 Å². The second-order valence-electron chi connectivity index (χ2n) is 12.9. The smallest absolute Gasteiger partial charge is 0.00107 e. The maximum Gasteiger partial charge on any atom is -0.00107 e. The molecule has 0 radical (unpaired) electrons. The molecular formula is C42H50S. The molecule has 2 aliphatic rings. The van der Waals surface area contributed by atoms with Crippen molar-refractivity contribution in [2.45, 2.75) is 103 Å². The van der Waals surface area contributed by atoms with Gasteiger partial charge in [-0.1, -0.05) is 136 Å². The second kappa shape index (κ2) is 15.8. The summed E-state index contributed by atoms with van der Waals surface area (Å²) in [4.78, 5) is 0. The molecule has 4 aromatic carbocycles. The van der Waals surface area contributed by atoms with E-state index in [4.69, 9.17) is 0 Å². The first-order valence-corrected chi connectivity index (χ1v) is 18.5. The van der Waals surface area contributed by atoms with Crippen LogP contribution in [0.5, 0.6) is 0 Å². The van der Waals surface area contributed by atoms with E-state index in [9.17, 15) is 0 Å². The molecule has 0 nitrogen and oxygen atoms in total. The summed E-state index contributed by atoms with van der Waals surface area (Å²) < 4.78 is 0. The molecule has 0 amide bonds. The molecule has 2 aliphatic carbocycles. The van der Waals surface area contributed by atoms with Crippen molar-refractivity contribution in [2.75, 3.05) is 11.5 Å². The zero-order valence-corrected chi connectivity index (χ0v) is 27.0. The van der Waals surface area contributed by atoms with E-state index in [0.29, 0.717) is 0 Å². The van der Waals surface area contributed by atoms with Crippen LogP contribution in [0.3, 0.4) is 0 Å². The monoisotopic (exact) mass is 586 g/mol. The summed E-state index contributed by atoms with van der Waals surface area (Å²) in [7, 11) is 0. The SMILES string of the molecule is c1ccc2c(c1)Cc1c(CCCCCCCCSCCCCCCCCc3cccc4c3Cc3ccccc3-4)cccc1-2. The van der Waals surface area contributed by atoms with Gasteiger partial charge in [0.05, 0.1) is 0 Å². The van der Waals surface area contributed by atoms with E-state index < -0.39 is 0 Å². The topological polar surface area (TPSA) is 0 Å². The molecule has 0 heterocycles. The summed E-state index contributed by atoms with van der Waals surface area (Å²) in [5, 5.41) is 0. The quantitative estimate of drug-likeness (QED) is 0.0903. The van der Waals surface area contributed by atoms with Gasteiger partial charge in [-0.25, -0.2) is 0 Å². The normalized spacial score (nSPS) is 12.7. The molecule has 0 saturated heterocycles. The molecule has 0 saturated carbocycles. The third-order valence-corrected chi connectivity index (χ3v) is 11.0. The Morgan fingerprint density at radius 3 is 1.26 bits per heavy atom. The summed E-state index contributed by atoms with van der Waals surface area (Å²) in [6.45, 7) is 0. The lowest BCUT2D eigenvalue weighted by atomic mass is 9.97. The standard InChI is InChI=1S/C42H50S/c1(5-9-19-33-23-17-27-39-37-25-13-11-21-35(37)31-41(33)39)3-7-15-29-43-30-16-8-4-2-6-10-20-34-24-18-28-40-38-26-14-12-22-36(38)32-42(34)40/h11-14,17-18,21-28H,1-10,15-16,19-20,29-32H2. The Balaban J connectivity index is 0.735. The fourth-order valence-corrected chi connectivity index (χ4v) is 8.49. The van der Waals surface area contributed by atoms with Crippen molar-refractivity contribution in [3.8, 4) is 22.3 Å². The number of rotatable bonds is 18. The molecule has 6 rings (SSSR count). The molecular weight excluding hydrogens is 537 g/mol. The van der Waals surface area contributed by atoms with Crippen LogP contribution in [-0.4, -0.2) is 11.5 Å². The number of hydrogen-bond donors (Lipinski definition) is 0. The summed E-state index contributed by atoms with van der Waals surface area (Å²) in [5.74, 6) is 2.73. The number of hydrogen-bond acceptors (Lipinski definition) is 1. The first-order valence-electron chi connectivity index (χ1n) is 17.3. The van der Waals surface area contributed by atoms with Crippen LogP contribution < -0.4 is 0 Å². The Morgan fingerprint density at radius 2 is 0.767 bits per heavy atom. The van der Waals surface area contributed by atoms with Gasteiger partial charge in [-0.05, 0) is 119 Å². The van der Waals surface area contributed by atoms with Crippen LogP contribution in [0.15, 0.2) is 84.9 Å². The minimum atomic E-state index is 1.13. The molecule has 224 valence electrons. The molecule has 0 atom stereocenters. The zero-order chi connectivity index (χ0) is 29.1. The number of unbranched alkanes of at least 4 members (excludes halogenated alkanes) is 10. The van der Waals surface area contributed by atoms with Crippen LogP contribution in [0.4, 0.5) is 0 Å². The van der Waals surface area contributed by atoms with Crippen molar-refractivity contribution in [3.05, 3.63) is 118 Å². The maximum absolute atomic E-state index is 2.37. The van der Waals surface area contributed by atoms with Crippen molar-refractivity contribution in [3.63, 3.8) is 0 Å². The van der Waals surface area contributed by atoms with Crippen molar-refractivity contribution in [2.24, 2.45) is 0 Å². The van der Waals surface area contributed by atoms with Gasteiger partial charge in [0.1, 0.15) is 0 Å². The van der Waals surface area contributed by atoms with Gasteiger partial charge in [0.15, 0.2) is 0 Å². The third kappa shape index (κ3) is 7.85. The Labute approximate surface area is 265 Å². The average Bonchev–Trinajstić information content (AvgIpc) is 3.62. The Morgan fingerprint density at radius 1 is 0.372 bits per heavy atom. The minimum absolute atomic E-state index is 1.13. The van der Waals surface area contributed by atoms with E-state index in [0.717, 1.165) is 12.8 Å². The molecule has 0 aromatic heterocycles. The molecule has 0 N–H and O–H groups in total. The summed E-state index contributed by atoms with van der Waals surface area (Å²) in [6, 6.07) is 31.8. The Bertz CT molecular complexity index is 1350. The minimum Gasteiger partial charge on any atom is -0.162 e. The predicted octanol–water partition coefficient (Wildman–Crippen LogP) is 12.0. The largest absolute Gasteiger partial charge is 0.162 e. The highest BCUT2D eigenvalue weighted by Crippen LogP contribution is 2.39. The van der Waals surface area contributed by atoms with Crippen molar-refractivity contribution < 1.29 is 0 Å². The number of aryl methyl sites for hydroxylation is 2. The van der Waals surface area contributed by atoms with Crippen molar-refractivity contribution in [1.29, 1.82) is 0 Å². The first kappa shape index (κ1) is 30.3. The molecule has 0 aliphatic heterocycles. The lowest BCUT2D eigenvalue weighted by Crippen LogP contribution is -1.94. The summed E-state index contributed by atoms with van der Waals surface area (Å²) >= 11 is 2.20. The Hall–Kier alpha value is -2.77. The van der Waals surface area contributed by atoms with Gasteiger partial charge in [0.25, 0.3) is 0 Å². The highest BCUT2D eigenvalue weighted by Gasteiger charge is 2.21. The van der Waals surface area contributed by atoms with Gasteiger partial charge in [0.2, 0.25) is 0 Å². The van der Waals surface area contributed by atoms with E-state index in [1.165, 1.54) is 135 Å². The van der Waals surface area contributed by atoms with Gasteiger partial charge in [-0.2, -0.15) is 11.8 Å². The van der Waals surface area contributed by atoms with E-state index in [-0.39, 0.29) is 0 Å². The predicted molar refractivity (Wildman–Crippen MR) is 190 cm³/mol. The molecule has 1 heteroatoms. The average molecular weight is 587 g/mol. The highest BCUT2D eigenvalue weighted by molar-refractivity contribution is 7.99. The van der Waals surface area contributed by atoms with Crippen LogP contribution >= 0.6 is 11.8 Å². The molecule has 0 unspecified atom stereocenters. The molecule has 43 heavy (non-hydrogen) atoms. The molecule has 4 aromatic rings. The van der Waals surface area contributed by atoms with Gasteiger partial charge in [-0.15, -0.1) is 0 Å². The van der Waals surface area contributed by atoms with Crippen LogP contribution in [0.1, 0.15) is 110 Å². The van der Waals surface area contributed by atoms with Crippen LogP contribution in [0, 0.1) is 0 Å². The maximum atomic E-state index is 2.37. The van der Waals surface area contributed by atoms with Gasteiger partial charge in [-0.3, -0.25) is 0 Å². The van der Waals surface area contributed by atoms with Crippen molar-refractivity contribution in [1.82, 2.24) is 0 Å². The van der Waals surface area contributed by atoms with E-state index >= 15 is 0 Å². The van der Waals surface area contributed by atoms with Crippen LogP contribution in [-0.2, 0) is 25.7 Å².